The van der Waals surface area contributed by atoms with E-state index < -0.39 is 26.6 Å². The fourth-order valence-electron chi connectivity index (χ4n) is 5.08. The number of anilines is 2. The molecule has 10 nitrogen and oxygen atoms in total. The number of fused-ring (bicyclic) bond motifs is 1. The van der Waals surface area contributed by atoms with Gasteiger partial charge in [-0.15, -0.1) is 0 Å². The summed E-state index contributed by atoms with van der Waals surface area (Å²) >= 11 is 0. The molecule has 0 aliphatic carbocycles. The summed E-state index contributed by atoms with van der Waals surface area (Å²) in [4.78, 5) is 22.7. The van der Waals surface area contributed by atoms with Crippen LogP contribution in [-0.2, 0) is 14.8 Å². The summed E-state index contributed by atoms with van der Waals surface area (Å²) in [6, 6.07) is 18.1. The smallest absolute Gasteiger partial charge is 0.264 e. The molecule has 3 aromatic carbocycles. The standard InChI is InChI=1S/C32H27F2N5O5S/c1-43-31-28(38-45(41,42)29-9-7-24(33)17-26(29)34)16-23(18-36-31)21-6-8-27-22(14-21)15-25(30(35)37-27)19-2-4-20(5-3-19)32(40)39-10-12-44-13-11-39/h2-9,14-18,38H,10-13H2,1H3,(H2,35,37). The molecule has 1 saturated heterocycles. The lowest BCUT2D eigenvalue weighted by Crippen LogP contribution is -2.40. The molecule has 0 bridgehead atoms. The monoisotopic (exact) mass is 631 g/mol. The fraction of sp³-hybridized carbons (Fsp3) is 0.156. The maximum atomic E-state index is 14.3. The molecule has 0 radical (unpaired) electrons. The Bertz CT molecular complexity index is 2040. The molecule has 1 amide bonds. The van der Waals surface area contributed by atoms with E-state index in [4.69, 9.17) is 15.2 Å². The van der Waals surface area contributed by atoms with Crippen LogP contribution < -0.4 is 15.2 Å². The molecule has 0 atom stereocenters. The van der Waals surface area contributed by atoms with Crippen LogP contribution in [0.15, 0.2) is 83.9 Å². The number of halogens is 2. The fourth-order valence-corrected chi connectivity index (χ4v) is 6.19. The van der Waals surface area contributed by atoms with Gasteiger partial charge in [0.2, 0.25) is 5.88 Å². The number of pyridine rings is 2. The Kier molecular flexibility index (Phi) is 8.04. The lowest BCUT2D eigenvalue weighted by atomic mass is 10.00. The van der Waals surface area contributed by atoms with Crippen LogP contribution in [0.5, 0.6) is 5.88 Å². The van der Waals surface area contributed by atoms with Gasteiger partial charge in [0.1, 0.15) is 28.0 Å². The number of benzene rings is 3. The highest BCUT2D eigenvalue weighted by Crippen LogP contribution is 2.34. The van der Waals surface area contributed by atoms with Gasteiger partial charge in [0.05, 0.1) is 25.8 Å². The van der Waals surface area contributed by atoms with Crippen molar-refractivity contribution < 1.29 is 31.5 Å². The van der Waals surface area contributed by atoms with E-state index in [-0.39, 0.29) is 17.5 Å². The Balaban J connectivity index is 1.31. The van der Waals surface area contributed by atoms with E-state index in [0.717, 1.165) is 23.1 Å². The second kappa shape index (κ2) is 12.1. The summed E-state index contributed by atoms with van der Waals surface area (Å²) in [6.07, 6.45) is 1.51. The topological polar surface area (TPSA) is 137 Å². The third kappa shape index (κ3) is 6.12. The summed E-state index contributed by atoms with van der Waals surface area (Å²) < 4.78 is 66.5. The van der Waals surface area contributed by atoms with Crippen LogP contribution >= 0.6 is 0 Å². The van der Waals surface area contributed by atoms with Gasteiger partial charge in [-0.3, -0.25) is 9.52 Å². The van der Waals surface area contributed by atoms with Gasteiger partial charge in [0.15, 0.2) is 0 Å². The number of carbonyl (C=O) groups is 1. The summed E-state index contributed by atoms with van der Waals surface area (Å²) in [5.74, 6) is -1.92. The first-order valence-electron chi connectivity index (χ1n) is 13.8. The molecule has 1 aliphatic heterocycles. The third-order valence-corrected chi connectivity index (χ3v) is 8.79. The second-order valence-electron chi connectivity index (χ2n) is 10.3. The van der Waals surface area contributed by atoms with Crippen molar-refractivity contribution in [3.63, 3.8) is 0 Å². The quantitative estimate of drug-likeness (QED) is 0.253. The zero-order chi connectivity index (χ0) is 31.7. The Morgan fingerprint density at radius 2 is 1.69 bits per heavy atom. The normalized spacial score (nSPS) is 13.5. The number of nitrogen functional groups attached to an aromatic ring is 1. The number of methoxy groups -OCH3 is 1. The van der Waals surface area contributed by atoms with Crippen LogP contribution in [0.1, 0.15) is 10.4 Å². The van der Waals surface area contributed by atoms with Gasteiger partial charge in [-0.2, -0.15) is 0 Å². The van der Waals surface area contributed by atoms with Crippen LogP contribution in [0, 0.1) is 11.6 Å². The van der Waals surface area contributed by atoms with E-state index in [2.05, 4.69) is 14.7 Å². The number of sulfonamides is 1. The van der Waals surface area contributed by atoms with Gasteiger partial charge in [-0.05, 0) is 59.7 Å². The minimum Gasteiger partial charge on any atom is -0.480 e. The number of ether oxygens (including phenoxy) is 2. The summed E-state index contributed by atoms with van der Waals surface area (Å²) in [6.45, 7) is 2.14. The minimum atomic E-state index is -4.45. The number of hydrogen-bond donors (Lipinski definition) is 2. The van der Waals surface area contributed by atoms with Crippen molar-refractivity contribution in [3.05, 3.63) is 96.2 Å². The van der Waals surface area contributed by atoms with Gasteiger partial charge in [-0.25, -0.2) is 27.2 Å². The molecule has 1 aliphatic rings. The molecule has 3 N–H and O–H groups in total. The molecule has 5 aromatic rings. The maximum absolute atomic E-state index is 14.3. The van der Waals surface area contributed by atoms with Gasteiger partial charge in [0, 0.05) is 47.4 Å². The van der Waals surface area contributed by atoms with Crippen LogP contribution in [0.25, 0.3) is 33.2 Å². The van der Waals surface area contributed by atoms with Crippen LogP contribution in [0.3, 0.4) is 0 Å². The van der Waals surface area contributed by atoms with Crippen LogP contribution in [0.4, 0.5) is 20.3 Å². The first kappa shape index (κ1) is 29.9. The zero-order valence-corrected chi connectivity index (χ0v) is 24.8. The van der Waals surface area contributed by atoms with Gasteiger partial charge >= 0.3 is 0 Å². The molecule has 0 unspecified atom stereocenters. The van der Waals surface area contributed by atoms with Crippen molar-refractivity contribution in [3.8, 4) is 28.1 Å². The van der Waals surface area contributed by atoms with Crippen molar-refractivity contribution >= 4 is 38.3 Å². The highest BCUT2D eigenvalue weighted by Gasteiger charge is 2.23. The minimum absolute atomic E-state index is 0.0401. The highest BCUT2D eigenvalue weighted by atomic mass is 32.2. The lowest BCUT2D eigenvalue weighted by molar-refractivity contribution is 0.0303. The van der Waals surface area contributed by atoms with Crippen molar-refractivity contribution in [2.24, 2.45) is 0 Å². The maximum Gasteiger partial charge on any atom is 0.264 e. The van der Waals surface area contributed by atoms with Gasteiger partial charge in [0.25, 0.3) is 15.9 Å². The van der Waals surface area contributed by atoms with Gasteiger partial charge < -0.3 is 20.1 Å². The van der Waals surface area contributed by atoms with E-state index in [9.17, 15) is 22.0 Å². The number of nitrogens with two attached hydrogens (primary N) is 1. The Morgan fingerprint density at radius 3 is 2.40 bits per heavy atom. The van der Waals surface area contributed by atoms with Crippen molar-refractivity contribution in [1.29, 1.82) is 0 Å². The predicted octanol–water partition coefficient (Wildman–Crippen LogP) is 5.11. The molecule has 6 rings (SSSR count). The van der Waals surface area contributed by atoms with E-state index in [1.165, 1.54) is 19.4 Å². The SMILES string of the molecule is COc1ncc(-c2ccc3nc(N)c(-c4ccc(C(=O)N5CCOCC5)cc4)cc3c2)cc1NS(=O)(=O)c1ccc(F)cc1F. The molecule has 3 heterocycles. The number of nitrogens with one attached hydrogen (secondary N) is 1. The largest absolute Gasteiger partial charge is 0.480 e. The van der Waals surface area contributed by atoms with Crippen LogP contribution in [0.2, 0.25) is 0 Å². The predicted molar refractivity (Wildman–Crippen MR) is 165 cm³/mol. The molecular formula is C32H27F2N5O5S. The lowest BCUT2D eigenvalue weighted by Gasteiger charge is -2.26. The molecule has 45 heavy (non-hydrogen) atoms. The molecule has 230 valence electrons. The molecular weight excluding hydrogens is 604 g/mol. The number of morpholine rings is 1. The number of rotatable bonds is 7. The van der Waals surface area contributed by atoms with E-state index >= 15 is 0 Å². The molecule has 0 spiro atoms. The number of carbonyl (C=O) groups excluding carboxylic acids is 1. The first-order valence-corrected chi connectivity index (χ1v) is 15.3. The Labute approximate surface area is 257 Å². The molecule has 0 saturated carbocycles. The number of amides is 1. The van der Waals surface area contributed by atoms with Crippen molar-refractivity contribution in [2.45, 2.75) is 4.90 Å². The zero-order valence-electron chi connectivity index (χ0n) is 24.0. The van der Waals surface area contributed by atoms with Crippen molar-refractivity contribution in [1.82, 2.24) is 14.9 Å². The third-order valence-electron chi connectivity index (χ3n) is 7.39. The number of aromatic nitrogens is 2. The second-order valence-corrected chi connectivity index (χ2v) is 11.9. The molecule has 1 fully saturated rings. The van der Waals surface area contributed by atoms with E-state index in [1.54, 1.807) is 29.2 Å². The van der Waals surface area contributed by atoms with Crippen molar-refractivity contribution in [2.75, 3.05) is 43.9 Å². The summed E-state index contributed by atoms with van der Waals surface area (Å²) in [5.41, 5.74) is 10.1. The number of nitrogens with zero attached hydrogens (tertiary/aromatic N) is 3. The van der Waals surface area contributed by atoms with Gasteiger partial charge in [-0.1, -0.05) is 18.2 Å². The molecule has 2 aromatic heterocycles. The first-order chi connectivity index (χ1) is 21.6. The van der Waals surface area contributed by atoms with E-state index in [1.807, 2.05) is 24.3 Å². The Hall–Kier alpha value is -5.14. The number of hydrogen-bond acceptors (Lipinski definition) is 8. The summed E-state index contributed by atoms with van der Waals surface area (Å²) in [5, 5.41) is 0.747. The average Bonchev–Trinajstić information content (AvgIpc) is 3.04. The Morgan fingerprint density at radius 1 is 0.956 bits per heavy atom. The molecule has 13 heteroatoms. The summed E-state index contributed by atoms with van der Waals surface area (Å²) in [7, 11) is -3.13. The highest BCUT2D eigenvalue weighted by molar-refractivity contribution is 7.92. The van der Waals surface area contributed by atoms with E-state index in [0.29, 0.717) is 66.0 Å². The average molecular weight is 632 g/mol. The van der Waals surface area contributed by atoms with Crippen LogP contribution in [-0.4, -0.2) is 62.6 Å².